The predicted molar refractivity (Wildman–Crippen MR) is 90.4 cm³/mol. The maximum Gasteiger partial charge on any atom is 0.0177 e. The average molecular weight is 285 g/mol. The lowest BCUT2D eigenvalue weighted by atomic mass is 9.68. The molecule has 116 valence electrons. The summed E-state index contributed by atoms with van der Waals surface area (Å²) < 4.78 is 0. The number of rotatable bonds is 5. The van der Waals surface area contributed by atoms with Crippen molar-refractivity contribution >= 4 is 0 Å². The first-order chi connectivity index (χ1) is 9.92. The van der Waals surface area contributed by atoms with Gasteiger partial charge in [0.1, 0.15) is 0 Å². The van der Waals surface area contributed by atoms with Gasteiger partial charge in [-0.05, 0) is 61.3 Å². The Labute approximate surface area is 130 Å². The molecule has 0 heterocycles. The third-order valence-electron chi connectivity index (χ3n) is 6.43. The molecule has 1 nitrogen and oxygen atoms in total. The van der Waals surface area contributed by atoms with Crippen LogP contribution >= 0.6 is 0 Å². The van der Waals surface area contributed by atoms with Gasteiger partial charge in [0.25, 0.3) is 0 Å². The first kappa shape index (κ1) is 15.1. The molecule has 3 rings (SSSR count). The normalized spacial score (nSPS) is 35.0. The second-order valence-electron chi connectivity index (χ2n) is 8.44. The molecule has 2 fully saturated rings. The Morgan fingerprint density at radius 3 is 2.52 bits per heavy atom. The molecule has 1 heteroatoms. The zero-order valence-corrected chi connectivity index (χ0v) is 14.2. The third-order valence-corrected chi connectivity index (χ3v) is 6.43. The Hall–Kier alpha value is -0.820. The summed E-state index contributed by atoms with van der Waals surface area (Å²) in [7, 11) is 0. The maximum atomic E-state index is 4.01. The fraction of sp³-hybridized carbons (Fsp3) is 0.700. The summed E-state index contributed by atoms with van der Waals surface area (Å²) >= 11 is 0. The summed E-state index contributed by atoms with van der Waals surface area (Å²) in [6, 6.07) is 12.2. The second-order valence-corrected chi connectivity index (χ2v) is 8.44. The predicted octanol–water partition coefficient (Wildman–Crippen LogP) is 4.81. The van der Waals surface area contributed by atoms with Crippen molar-refractivity contribution < 1.29 is 0 Å². The molecule has 2 bridgehead atoms. The van der Waals surface area contributed by atoms with Gasteiger partial charge in [-0.25, -0.2) is 0 Å². The van der Waals surface area contributed by atoms with Crippen LogP contribution < -0.4 is 5.32 Å². The quantitative estimate of drug-likeness (QED) is 0.818. The summed E-state index contributed by atoms with van der Waals surface area (Å²) in [6.45, 7) is 9.87. The van der Waals surface area contributed by atoms with E-state index in [2.05, 4.69) is 63.3 Å². The number of hydrogen-bond donors (Lipinski definition) is 1. The van der Waals surface area contributed by atoms with Crippen molar-refractivity contribution in [2.45, 2.75) is 71.9 Å². The SMILES string of the molecule is CC(CCc1ccccc1)NC1C(C)(C)[C@H]2CC[C@]1(C)C2. The van der Waals surface area contributed by atoms with Crippen LogP contribution in [0.5, 0.6) is 0 Å². The Bertz CT molecular complexity index is 473. The minimum absolute atomic E-state index is 0.466. The number of fused-ring (bicyclic) bond motifs is 2. The van der Waals surface area contributed by atoms with E-state index in [4.69, 9.17) is 0 Å². The lowest BCUT2D eigenvalue weighted by Gasteiger charge is -2.44. The van der Waals surface area contributed by atoms with Crippen LogP contribution in [0.3, 0.4) is 0 Å². The van der Waals surface area contributed by atoms with Gasteiger partial charge in [-0.3, -0.25) is 0 Å². The molecule has 1 aromatic rings. The molecule has 1 N–H and O–H groups in total. The van der Waals surface area contributed by atoms with Crippen LogP contribution in [0.4, 0.5) is 0 Å². The molecule has 4 atom stereocenters. The molecule has 2 unspecified atom stereocenters. The minimum atomic E-state index is 0.466. The molecule has 0 amide bonds. The van der Waals surface area contributed by atoms with Gasteiger partial charge in [0.15, 0.2) is 0 Å². The smallest absolute Gasteiger partial charge is 0.0177 e. The van der Waals surface area contributed by atoms with Crippen LogP contribution in [0, 0.1) is 16.7 Å². The van der Waals surface area contributed by atoms with Crippen LogP contribution in [-0.2, 0) is 6.42 Å². The van der Waals surface area contributed by atoms with Gasteiger partial charge in [-0.15, -0.1) is 0 Å². The van der Waals surface area contributed by atoms with E-state index in [0.717, 1.165) is 5.92 Å². The van der Waals surface area contributed by atoms with E-state index >= 15 is 0 Å². The molecule has 2 aliphatic rings. The summed E-state index contributed by atoms with van der Waals surface area (Å²) in [5.74, 6) is 0.932. The Morgan fingerprint density at radius 2 is 1.90 bits per heavy atom. The van der Waals surface area contributed by atoms with E-state index in [1.54, 1.807) is 0 Å². The zero-order chi connectivity index (χ0) is 15.1. The summed E-state index contributed by atoms with van der Waals surface area (Å²) in [5, 5.41) is 4.01. The molecular formula is C20H31N. The van der Waals surface area contributed by atoms with E-state index in [9.17, 15) is 0 Å². The van der Waals surface area contributed by atoms with Crippen LogP contribution in [0.25, 0.3) is 0 Å². The summed E-state index contributed by atoms with van der Waals surface area (Å²) in [6.07, 6.45) is 6.72. The highest BCUT2D eigenvalue weighted by atomic mass is 15.0. The van der Waals surface area contributed by atoms with Gasteiger partial charge in [0, 0.05) is 12.1 Å². The number of hydrogen-bond acceptors (Lipinski definition) is 1. The van der Waals surface area contributed by atoms with Crippen molar-refractivity contribution in [2.75, 3.05) is 0 Å². The van der Waals surface area contributed by atoms with Gasteiger partial charge >= 0.3 is 0 Å². The maximum absolute atomic E-state index is 4.01. The van der Waals surface area contributed by atoms with Gasteiger partial charge in [0.2, 0.25) is 0 Å². The molecule has 2 aliphatic carbocycles. The topological polar surface area (TPSA) is 12.0 Å². The highest BCUT2D eigenvalue weighted by molar-refractivity contribution is 5.15. The lowest BCUT2D eigenvalue weighted by molar-refractivity contribution is 0.0992. The van der Waals surface area contributed by atoms with Crippen LogP contribution in [0.2, 0.25) is 0 Å². The van der Waals surface area contributed by atoms with Gasteiger partial charge < -0.3 is 5.32 Å². The van der Waals surface area contributed by atoms with Crippen molar-refractivity contribution in [3.8, 4) is 0 Å². The summed E-state index contributed by atoms with van der Waals surface area (Å²) in [5.41, 5.74) is 2.47. The lowest BCUT2D eigenvalue weighted by Crippen LogP contribution is -2.53. The number of benzene rings is 1. The Kier molecular flexibility index (Phi) is 3.90. The van der Waals surface area contributed by atoms with Crippen molar-refractivity contribution in [2.24, 2.45) is 16.7 Å². The molecule has 1 aromatic carbocycles. The number of aryl methyl sites for hydroxylation is 1. The van der Waals surface area contributed by atoms with E-state index < -0.39 is 0 Å². The molecule has 0 spiro atoms. The minimum Gasteiger partial charge on any atom is -0.310 e. The van der Waals surface area contributed by atoms with Crippen LogP contribution in [0.15, 0.2) is 30.3 Å². The molecule has 0 aliphatic heterocycles. The fourth-order valence-electron chi connectivity index (χ4n) is 5.11. The Morgan fingerprint density at radius 1 is 1.19 bits per heavy atom. The zero-order valence-electron chi connectivity index (χ0n) is 14.2. The average Bonchev–Trinajstić information content (AvgIpc) is 2.94. The van der Waals surface area contributed by atoms with Crippen LogP contribution in [0.1, 0.15) is 58.9 Å². The second kappa shape index (κ2) is 5.43. The standard InChI is InChI=1S/C20H31N/c1-15(10-11-16-8-6-5-7-9-16)21-18-19(2,3)17-12-13-20(18,4)14-17/h5-9,15,17-18,21H,10-14H2,1-4H3/t15?,17-,18?,20+/m0/s1. The molecule has 21 heavy (non-hydrogen) atoms. The van der Waals surface area contributed by atoms with E-state index in [-0.39, 0.29) is 0 Å². The molecule has 0 saturated heterocycles. The fourth-order valence-corrected chi connectivity index (χ4v) is 5.11. The van der Waals surface area contributed by atoms with E-state index in [1.165, 1.54) is 37.7 Å². The first-order valence-electron chi connectivity index (χ1n) is 8.72. The number of nitrogens with one attached hydrogen (secondary N) is 1. The third kappa shape index (κ3) is 2.77. The van der Waals surface area contributed by atoms with Crippen molar-refractivity contribution in [1.29, 1.82) is 0 Å². The van der Waals surface area contributed by atoms with Crippen molar-refractivity contribution in [3.63, 3.8) is 0 Å². The van der Waals surface area contributed by atoms with Gasteiger partial charge in [0.05, 0.1) is 0 Å². The first-order valence-corrected chi connectivity index (χ1v) is 8.72. The molecule has 0 aromatic heterocycles. The monoisotopic (exact) mass is 285 g/mol. The highest BCUT2D eigenvalue weighted by Gasteiger charge is 2.59. The van der Waals surface area contributed by atoms with Gasteiger partial charge in [-0.1, -0.05) is 51.1 Å². The molecule has 2 saturated carbocycles. The molecule has 0 radical (unpaired) electrons. The van der Waals surface area contributed by atoms with Gasteiger partial charge in [-0.2, -0.15) is 0 Å². The molecular weight excluding hydrogens is 254 g/mol. The largest absolute Gasteiger partial charge is 0.310 e. The van der Waals surface area contributed by atoms with Crippen LogP contribution in [-0.4, -0.2) is 12.1 Å². The van der Waals surface area contributed by atoms with E-state index in [0.29, 0.717) is 22.9 Å². The van der Waals surface area contributed by atoms with E-state index in [1.807, 2.05) is 0 Å². The van der Waals surface area contributed by atoms with Crippen molar-refractivity contribution in [1.82, 2.24) is 5.32 Å². The summed E-state index contributed by atoms with van der Waals surface area (Å²) in [4.78, 5) is 0. The van der Waals surface area contributed by atoms with Crippen molar-refractivity contribution in [3.05, 3.63) is 35.9 Å². The highest BCUT2D eigenvalue weighted by Crippen LogP contribution is 2.62. The Balaban J connectivity index is 1.58.